The molecule has 0 saturated heterocycles. The van der Waals surface area contributed by atoms with Crippen LogP contribution in [0.2, 0.25) is 0 Å². The van der Waals surface area contributed by atoms with Crippen LogP contribution in [-0.4, -0.2) is 15.9 Å². The molecule has 3 rings (SSSR count). The fourth-order valence-corrected chi connectivity index (χ4v) is 2.55. The highest BCUT2D eigenvalue weighted by Gasteiger charge is 2.17. The summed E-state index contributed by atoms with van der Waals surface area (Å²) < 4.78 is 1.57. The van der Waals surface area contributed by atoms with E-state index in [1.165, 1.54) is 19.3 Å². The van der Waals surface area contributed by atoms with Crippen LogP contribution < -0.4 is 4.84 Å². The molecule has 1 fully saturated rings. The molecule has 0 atom stereocenters. The largest absolute Gasteiger partial charge is 0.492 e. The predicted octanol–water partition coefficient (Wildman–Crippen LogP) is 3.11. The van der Waals surface area contributed by atoms with Crippen LogP contribution in [0.4, 0.5) is 0 Å². The van der Waals surface area contributed by atoms with Crippen molar-refractivity contribution in [1.82, 2.24) is 4.73 Å². The first-order valence-corrected chi connectivity index (χ1v) is 6.31. The number of benzene rings is 1. The molecule has 1 aromatic carbocycles. The standard InChI is InChI=1S/C14H17NO2/c16-14-10-11-6-4-5-9-13(11)15(14)17-12-7-2-1-3-8-12/h4-6,9-10,12,16H,1-3,7-8H2. The van der Waals surface area contributed by atoms with Gasteiger partial charge < -0.3 is 9.94 Å². The Hall–Kier alpha value is -1.64. The van der Waals surface area contributed by atoms with Crippen LogP contribution >= 0.6 is 0 Å². The number of aromatic nitrogens is 1. The lowest BCUT2D eigenvalue weighted by Crippen LogP contribution is -2.26. The first kappa shape index (κ1) is 10.5. The van der Waals surface area contributed by atoms with E-state index >= 15 is 0 Å². The second-order valence-corrected chi connectivity index (χ2v) is 4.72. The minimum absolute atomic E-state index is 0.191. The van der Waals surface area contributed by atoms with Gasteiger partial charge in [0.1, 0.15) is 6.10 Å². The van der Waals surface area contributed by atoms with Crippen molar-refractivity contribution in [3.63, 3.8) is 0 Å². The van der Waals surface area contributed by atoms with Gasteiger partial charge in [0.2, 0.25) is 5.88 Å². The highest BCUT2D eigenvalue weighted by atomic mass is 16.7. The summed E-state index contributed by atoms with van der Waals surface area (Å²) in [5.74, 6) is 0.191. The molecule has 3 heteroatoms. The third kappa shape index (κ3) is 1.97. The van der Waals surface area contributed by atoms with Crippen LogP contribution in [0.1, 0.15) is 32.1 Å². The molecular formula is C14H17NO2. The van der Waals surface area contributed by atoms with Crippen LogP contribution in [0, 0.1) is 0 Å². The number of hydrogen-bond acceptors (Lipinski definition) is 2. The summed E-state index contributed by atoms with van der Waals surface area (Å²) >= 11 is 0. The molecule has 1 aliphatic rings. The maximum Gasteiger partial charge on any atom is 0.226 e. The van der Waals surface area contributed by atoms with Gasteiger partial charge in [0, 0.05) is 11.5 Å². The Morgan fingerprint density at radius 1 is 1.12 bits per heavy atom. The normalized spacial score (nSPS) is 17.4. The van der Waals surface area contributed by atoms with E-state index in [0.717, 1.165) is 23.7 Å². The zero-order valence-electron chi connectivity index (χ0n) is 9.80. The second-order valence-electron chi connectivity index (χ2n) is 4.72. The summed E-state index contributed by atoms with van der Waals surface area (Å²) in [6.45, 7) is 0. The maximum absolute atomic E-state index is 9.90. The van der Waals surface area contributed by atoms with Crippen molar-refractivity contribution in [2.75, 3.05) is 0 Å². The molecule has 1 saturated carbocycles. The van der Waals surface area contributed by atoms with Crippen molar-refractivity contribution < 1.29 is 9.94 Å². The van der Waals surface area contributed by atoms with Crippen molar-refractivity contribution in [2.45, 2.75) is 38.2 Å². The van der Waals surface area contributed by atoms with E-state index in [9.17, 15) is 5.11 Å². The Labute approximate surface area is 101 Å². The lowest BCUT2D eigenvalue weighted by atomic mass is 9.98. The van der Waals surface area contributed by atoms with Gasteiger partial charge in [-0.2, -0.15) is 0 Å². The van der Waals surface area contributed by atoms with E-state index in [1.807, 2.05) is 24.3 Å². The number of hydrogen-bond donors (Lipinski definition) is 1. The third-order valence-electron chi connectivity index (χ3n) is 3.45. The van der Waals surface area contributed by atoms with Gasteiger partial charge in [0.25, 0.3) is 0 Å². The Kier molecular flexibility index (Phi) is 2.67. The number of fused-ring (bicyclic) bond motifs is 1. The Morgan fingerprint density at radius 2 is 1.88 bits per heavy atom. The molecule has 1 heterocycles. The summed E-state index contributed by atoms with van der Waals surface area (Å²) in [5.41, 5.74) is 0.940. The lowest BCUT2D eigenvalue weighted by molar-refractivity contribution is 0.0119. The highest BCUT2D eigenvalue weighted by molar-refractivity contribution is 5.81. The number of para-hydroxylation sites is 1. The van der Waals surface area contributed by atoms with Gasteiger partial charge in [-0.1, -0.05) is 24.6 Å². The fourth-order valence-electron chi connectivity index (χ4n) is 2.55. The number of aromatic hydroxyl groups is 1. The molecule has 0 spiro atoms. The molecule has 0 amide bonds. The van der Waals surface area contributed by atoms with E-state index in [0.29, 0.717) is 0 Å². The molecule has 0 aliphatic heterocycles. The van der Waals surface area contributed by atoms with Gasteiger partial charge in [-0.3, -0.25) is 0 Å². The smallest absolute Gasteiger partial charge is 0.226 e. The van der Waals surface area contributed by atoms with Gasteiger partial charge in [0.15, 0.2) is 0 Å². The summed E-state index contributed by atoms with van der Waals surface area (Å²) in [5, 5.41) is 10.9. The molecule has 1 aromatic heterocycles. The third-order valence-corrected chi connectivity index (χ3v) is 3.45. The lowest BCUT2D eigenvalue weighted by Gasteiger charge is -2.23. The van der Waals surface area contributed by atoms with Crippen LogP contribution in [0.3, 0.4) is 0 Å². The minimum Gasteiger partial charge on any atom is -0.492 e. The SMILES string of the molecule is Oc1cc2ccccc2n1OC1CCCCC1. The Bertz CT molecular complexity index is 512. The van der Waals surface area contributed by atoms with Crippen molar-refractivity contribution in [2.24, 2.45) is 0 Å². The van der Waals surface area contributed by atoms with E-state index in [-0.39, 0.29) is 12.0 Å². The predicted molar refractivity (Wildman–Crippen MR) is 67.1 cm³/mol. The molecule has 0 radical (unpaired) electrons. The highest BCUT2D eigenvalue weighted by Crippen LogP contribution is 2.25. The molecular weight excluding hydrogens is 214 g/mol. The van der Waals surface area contributed by atoms with Gasteiger partial charge in [-0.25, -0.2) is 0 Å². The van der Waals surface area contributed by atoms with Crippen molar-refractivity contribution >= 4 is 10.9 Å². The van der Waals surface area contributed by atoms with Crippen LogP contribution in [-0.2, 0) is 0 Å². The fraction of sp³-hybridized carbons (Fsp3) is 0.429. The molecule has 2 aromatic rings. The summed E-state index contributed by atoms with van der Waals surface area (Å²) in [6, 6.07) is 9.63. The van der Waals surface area contributed by atoms with Gasteiger partial charge >= 0.3 is 0 Å². The zero-order valence-corrected chi connectivity index (χ0v) is 9.80. The first-order chi connectivity index (χ1) is 8.34. The van der Waals surface area contributed by atoms with Crippen LogP contribution in [0.15, 0.2) is 30.3 Å². The maximum atomic E-state index is 9.90. The Balaban J connectivity index is 1.90. The van der Waals surface area contributed by atoms with E-state index in [4.69, 9.17) is 4.84 Å². The minimum atomic E-state index is 0.191. The van der Waals surface area contributed by atoms with E-state index in [1.54, 1.807) is 10.8 Å². The summed E-state index contributed by atoms with van der Waals surface area (Å²) in [6.07, 6.45) is 6.18. The molecule has 1 aliphatic carbocycles. The zero-order chi connectivity index (χ0) is 11.7. The number of nitrogens with zero attached hydrogens (tertiary/aromatic N) is 1. The molecule has 17 heavy (non-hydrogen) atoms. The summed E-state index contributed by atoms with van der Waals surface area (Å²) in [7, 11) is 0. The molecule has 0 bridgehead atoms. The second kappa shape index (κ2) is 4.32. The van der Waals surface area contributed by atoms with Crippen molar-refractivity contribution in [1.29, 1.82) is 0 Å². The van der Waals surface area contributed by atoms with E-state index < -0.39 is 0 Å². The molecule has 1 N–H and O–H groups in total. The van der Waals surface area contributed by atoms with Crippen LogP contribution in [0.25, 0.3) is 10.9 Å². The summed E-state index contributed by atoms with van der Waals surface area (Å²) in [4.78, 5) is 5.91. The quantitative estimate of drug-likeness (QED) is 0.861. The van der Waals surface area contributed by atoms with Gasteiger partial charge in [-0.05, 0) is 31.7 Å². The van der Waals surface area contributed by atoms with Crippen molar-refractivity contribution in [3.05, 3.63) is 30.3 Å². The molecule has 0 unspecified atom stereocenters. The topological polar surface area (TPSA) is 34.4 Å². The average molecular weight is 231 g/mol. The first-order valence-electron chi connectivity index (χ1n) is 6.31. The van der Waals surface area contributed by atoms with E-state index in [2.05, 4.69) is 0 Å². The molecule has 3 nitrogen and oxygen atoms in total. The molecule has 90 valence electrons. The monoisotopic (exact) mass is 231 g/mol. The van der Waals surface area contributed by atoms with Gasteiger partial charge in [-0.15, -0.1) is 4.73 Å². The Morgan fingerprint density at radius 3 is 2.71 bits per heavy atom. The van der Waals surface area contributed by atoms with Gasteiger partial charge in [0.05, 0.1) is 5.52 Å². The number of rotatable bonds is 2. The van der Waals surface area contributed by atoms with Crippen LogP contribution in [0.5, 0.6) is 5.88 Å². The average Bonchev–Trinajstić information content (AvgIpc) is 2.68. The van der Waals surface area contributed by atoms with Crippen molar-refractivity contribution in [3.8, 4) is 5.88 Å².